The molecule has 0 heterocycles. The highest BCUT2D eigenvalue weighted by atomic mass is 16.7. The van der Waals surface area contributed by atoms with E-state index in [9.17, 15) is 4.79 Å². The van der Waals surface area contributed by atoms with E-state index in [2.05, 4.69) is 10.7 Å². The van der Waals surface area contributed by atoms with Crippen molar-refractivity contribution in [3.05, 3.63) is 0 Å². The fourth-order valence-corrected chi connectivity index (χ4v) is 0.289. The SMILES string of the molecule is C[C@@H](O)CC(=O)ON. The van der Waals surface area contributed by atoms with Gasteiger partial charge in [0.05, 0.1) is 12.5 Å². The molecule has 0 rings (SSSR count). The third kappa shape index (κ3) is 3.58. The number of aliphatic hydroxyl groups is 1. The van der Waals surface area contributed by atoms with Crippen molar-refractivity contribution >= 4 is 5.97 Å². The van der Waals surface area contributed by atoms with Gasteiger partial charge in [-0.2, -0.15) is 5.90 Å². The number of hydrogen-bond acceptors (Lipinski definition) is 4. The molecule has 0 aliphatic carbocycles. The predicted molar refractivity (Wildman–Crippen MR) is 26.6 cm³/mol. The summed E-state index contributed by atoms with van der Waals surface area (Å²) in [7, 11) is 0. The fraction of sp³-hybridized carbons (Fsp3) is 0.750. The van der Waals surface area contributed by atoms with Crippen molar-refractivity contribution in [1.29, 1.82) is 0 Å². The molecule has 3 N–H and O–H groups in total. The van der Waals surface area contributed by atoms with Crippen molar-refractivity contribution < 1.29 is 14.7 Å². The molecule has 0 bridgehead atoms. The van der Waals surface area contributed by atoms with E-state index in [1.54, 1.807) is 0 Å². The number of rotatable bonds is 2. The van der Waals surface area contributed by atoms with Gasteiger partial charge in [-0.1, -0.05) is 0 Å². The average Bonchev–Trinajstić information content (AvgIpc) is 1.65. The maximum atomic E-state index is 10.1. The Bertz CT molecular complexity index is 81.4. The molecule has 0 unspecified atom stereocenters. The third-order valence-electron chi connectivity index (χ3n) is 0.594. The molecule has 1 atom stereocenters. The highest BCUT2D eigenvalue weighted by Crippen LogP contribution is 1.88. The number of carbonyl (C=O) groups is 1. The van der Waals surface area contributed by atoms with Crippen LogP contribution in [0.4, 0.5) is 0 Å². The van der Waals surface area contributed by atoms with E-state index in [1.807, 2.05) is 0 Å². The van der Waals surface area contributed by atoms with Crippen molar-refractivity contribution in [1.82, 2.24) is 0 Å². The Labute approximate surface area is 47.2 Å². The summed E-state index contributed by atoms with van der Waals surface area (Å²) in [5, 5.41) is 8.50. The Hall–Kier alpha value is -0.610. The van der Waals surface area contributed by atoms with E-state index in [-0.39, 0.29) is 6.42 Å². The van der Waals surface area contributed by atoms with Crippen molar-refractivity contribution in [2.45, 2.75) is 19.4 Å². The first-order valence-electron chi connectivity index (χ1n) is 2.24. The van der Waals surface area contributed by atoms with Crippen LogP contribution in [0.15, 0.2) is 0 Å². The zero-order valence-corrected chi connectivity index (χ0v) is 4.63. The van der Waals surface area contributed by atoms with Crippen LogP contribution in [0.1, 0.15) is 13.3 Å². The standard InChI is InChI=1S/C4H9NO3/c1-3(6)2-4(7)8-5/h3,6H,2,5H2,1H3/t3-/m1/s1. The molecule has 4 heteroatoms. The van der Waals surface area contributed by atoms with Gasteiger partial charge in [0.2, 0.25) is 0 Å². The van der Waals surface area contributed by atoms with E-state index in [4.69, 9.17) is 5.11 Å². The van der Waals surface area contributed by atoms with Crippen LogP contribution in [0, 0.1) is 0 Å². The van der Waals surface area contributed by atoms with Gasteiger partial charge in [0, 0.05) is 0 Å². The van der Waals surface area contributed by atoms with E-state index >= 15 is 0 Å². The number of aliphatic hydroxyl groups excluding tert-OH is 1. The lowest BCUT2D eigenvalue weighted by Gasteiger charge is -1.98. The molecule has 0 spiro atoms. The van der Waals surface area contributed by atoms with Crippen molar-refractivity contribution in [2.75, 3.05) is 0 Å². The second-order valence-electron chi connectivity index (χ2n) is 1.54. The van der Waals surface area contributed by atoms with E-state index < -0.39 is 12.1 Å². The molecule has 0 aliphatic rings. The molecule has 8 heavy (non-hydrogen) atoms. The quantitative estimate of drug-likeness (QED) is 0.465. The van der Waals surface area contributed by atoms with Crippen LogP contribution < -0.4 is 5.90 Å². The number of nitrogens with two attached hydrogens (primary N) is 1. The third-order valence-corrected chi connectivity index (χ3v) is 0.594. The Morgan fingerprint density at radius 3 is 2.62 bits per heavy atom. The lowest BCUT2D eigenvalue weighted by Crippen LogP contribution is -2.15. The second kappa shape index (κ2) is 3.40. The Morgan fingerprint density at radius 2 is 2.50 bits per heavy atom. The molecule has 0 aromatic carbocycles. The minimum Gasteiger partial charge on any atom is -0.393 e. The lowest BCUT2D eigenvalue weighted by molar-refractivity contribution is -0.146. The van der Waals surface area contributed by atoms with Gasteiger partial charge in [-0.15, -0.1) is 0 Å². The van der Waals surface area contributed by atoms with Crippen LogP contribution in [0.25, 0.3) is 0 Å². The van der Waals surface area contributed by atoms with Gasteiger partial charge in [0.1, 0.15) is 0 Å². The average molecular weight is 119 g/mol. The molecular weight excluding hydrogens is 110 g/mol. The van der Waals surface area contributed by atoms with Gasteiger partial charge in [-0.25, -0.2) is 0 Å². The molecule has 0 aromatic heterocycles. The van der Waals surface area contributed by atoms with Crippen molar-refractivity contribution in [3.8, 4) is 0 Å². The minimum atomic E-state index is -0.675. The Morgan fingerprint density at radius 1 is 2.00 bits per heavy atom. The summed E-state index contributed by atoms with van der Waals surface area (Å²) in [6.45, 7) is 1.48. The summed E-state index contributed by atoms with van der Waals surface area (Å²) < 4.78 is 0. The van der Waals surface area contributed by atoms with Crippen LogP contribution in [0.5, 0.6) is 0 Å². The normalized spacial score (nSPS) is 12.9. The first-order valence-corrected chi connectivity index (χ1v) is 2.24. The van der Waals surface area contributed by atoms with Crippen LogP contribution in [0.3, 0.4) is 0 Å². The predicted octanol–water partition coefficient (Wildman–Crippen LogP) is -0.826. The molecule has 0 amide bonds. The van der Waals surface area contributed by atoms with Gasteiger partial charge in [-0.3, -0.25) is 4.79 Å². The zero-order chi connectivity index (χ0) is 6.57. The lowest BCUT2D eigenvalue weighted by atomic mass is 10.3. The smallest absolute Gasteiger partial charge is 0.326 e. The fourth-order valence-electron chi connectivity index (χ4n) is 0.289. The van der Waals surface area contributed by atoms with Gasteiger partial charge in [0.25, 0.3) is 0 Å². The van der Waals surface area contributed by atoms with Crippen molar-refractivity contribution in [2.24, 2.45) is 5.90 Å². The molecule has 48 valence electrons. The Kier molecular flexibility index (Phi) is 3.14. The largest absolute Gasteiger partial charge is 0.393 e. The second-order valence-corrected chi connectivity index (χ2v) is 1.54. The van der Waals surface area contributed by atoms with Crippen LogP contribution >= 0.6 is 0 Å². The zero-order valence-electron chi connectivity index (χ0n) is 4.63. The van der Waals surface area contributed by atoms with Gasteiger partial charge in [-0.05, 0) is 6.92 Å². The molecule has 0 aliphatic heterocycles. The molecule has 4 nitrogen and oxygen atoms in total. The molecular formula is C4H9NO3. The molecule has 0 saturated carbocycles. The van der Waals surface area contributed by atoms with Gasteiger partial charge >= 0.3 is 5.97 Å². The van der Waals surface area contributed by atoms with Gasteiger partial charge < -0.3 is 9.94 Å². The summed E-state index contributed by atoms with van der Waals surface area (Å²) in [5.74, 6) is 3.86. The van der Waals surface area contributed by atoms with Crippen LogP contribution in [-0.2, 0) is 9.63 Å². The Balaban J connectivity index is 3.25. The topological polar surface area (TPSA) is 72.5 Å². The van der Waals surface area contributed by atoms with Crippen molar-refractivity contribution in [3.63, 3.8) is 0 Å². The minimum absolute atomic E-state index is 0.0451. The summed E-state index contributed by atoms with van der Waals surface area (Å²) in [4.78, 5) is 13.9. The monoisotopic (exact) mass is 119 g/mol. The summed E-state index contributed by atoms with van der Waals surface area (Å²) in [5.41, 5.74) is 0. The molecule has 0 saturated heterocycles. The highest BCUT2D eigenvalue weighted by molar-refractivity contribution is 5.69. The van der Waals surface area contributed by atoms with Crippen LogP contribution in [0.2, 0.25) is 0 Å². The highest BCUT2D eigenvalue weighted by Gasteiger charge is 2.03. The summed E-state index contributed by atoms with van der Waals surface area (Å²) in [6.07, 6.45) is -0.720. The maximum absolute atomic E-state index is 10.1. The molecule has 0 radical (unpaired) electrons. The van der Waals surface area contributed by atoms with E-state index in [1.165, 1.54) is 6.92 Å². The number of carbonyl (C=O) groups excluding carboxylic acids is 1. The first-order chi connectivity index (χ1) is 3.66. The summed E-state index contributed by atoms with van der Waals surface area (Å²) >= 11 is 0. The summed E-state index contributed by atoms with van der Waals surface area (Å²) in [6, 6.07) is 0. The van der Waals surface area contributed by atoms with Gasteiger partial charge in [0.15, 0.2) is 0 Å². The first kappa shape index (κ1) is 7.39. The molecule has 0 fully saturated rings. The number of hydrogen-bond donors (Lipinski definition) is 2. The van der Waals surface area contributed by atoms with E-state index in [0.717, 1.165) is 0 Å². The maximum Gasteiger partial charge on any atom is 0.326 e. The van der Waals surface area contributed by atoms with E-state index in [0.29, 0.717) is 0 Å². The molecule has 0 aromatic rings. The van der Waals surface area contributed by atoms with Crippen LogP contribution in [-0.4, -0.2) is 17.2 Å².